The van der Waals surface area contributed by atoms with Gasteiger partial charge in [-0.15, -0.1) is 6.42 Å². The molecule has 5 nitrogen and oxygen atoms in total. The normalized spacial score (nSPS) is 10.3. The maximum absolute atomic E-state index is 11.7. The highest BCUT2D eigenvalue weighted by atomic mass is 79.9. The molecule has 0 bridgehead atoms. The van der Waals surface area contributed by atoms with Gasteiger partial charge in [0.25, 0.3) is 0 Å². The van der Waals surface area contributed by atoms with Crippen molar-refractivity contribution < 1.29 is 23.7 Å². The minimum absolute atomic E-state index is 0.0887. The lowest BCUT2D eigenvalue weighted by atomic mass is 10.1. The van der Waals surface area contributed by atoms with Crippen LogP contribution in [0.4, 0.5) is 0 Å². The number of esters is 1. The van der Waals surface area contributed by atoms with E-state index in [1.54, 1.807) is 32.4 Å². The van der Waals surface area contributed by atoms with E-state index < -0.39 is 5.97 Å². The van der Waals surface area contributed by atoms with Crippen molar-refractivity contribution in [1.82, 2.24) is 0 Å². The lowest BCUT2D eigenvalue weighted by Crippen LogP contribution is -2.03. The Bertz CT molecular complexity index is 871. The summed E-state index contributed by atoms with van der Waals surface area (Å²) in [6.07, 6.45) is 9.02. The van der Waals surface area contributed by atoms with Crippen molar-refractivity contribution in [1.29, 1.82) is 0 Å². The third-order valence-electron chi connectivity index (χ3n) is 3.67. The van der Waals surface area contributed by atoms with Gasteiger partial charge in [0.2, 0.25) is 0 Å². The molecule has 0 saturated carbocycles. The molecular formula is C21H19BrO5. The molecule has 0 aromatic heterocycles. The number of rotatable bonds is 7. The van der Waals surface area contributed by atoms with E-state index >= 15 is 0 Å². The fourth-order valence-electron chi connectivity index (χ4n) is 2.33. The number of benzene rings is 2. The van der Waals surface area contributed by atoms with Gasteiger partial charge in [-0.2, -0.15) is 0 Å². The van der Waals surface area contributed by atoms with Crippen LogP contribution in [0.1, 0.15) is 21.5 Å². The van der Waals surface area contributed by atoms with Crippen molar-refractivity contribution in [2.75, 3.05) is 27.9 Å². The van der Waals surface area contributed by atoms with Crippen LogP contribution in [0.5, 0.6) is 17.2 Å². The largest absolute Gasteiger partial charge is 0.495 e. The van der Waals surface area contributed by atoms with Crippen molar-refractivity contribution in [3.8, 4) is 29.6 Å². The fourth-order valence-corrected chi connectivity index (χ4v) is 2.89. The second kappa shape index (κ2) is 9.70. The zero-order chi connectivity index (χ0) is 19.8. The highest BCUT2D eigenvalue weighted by molar-refractivity contribution is 9.10. The van der Waals surface area contributed by atoms with Gasteiger partial charge < -0.3 is 18.9 Å². The monoisotopic (exact) mass is 430 g/mol. The second-order valence-corrected chi connectivity index (χ2v) is 6.10. The first-order valence-electron chi connectivity index (χ1n) is 7.92. The van der Waals surface area contributed by atoms with Gasteiger partial charge in [-0.3, -0.25) is 0 Å². The van der Waals surface area contributed by atoms with E-state index in [-0.39, 0.29) is 6.61 Å². The van der Waals surface area contributed by atoms with Gasteiger partial charge in [-0.05, 0) is 45.8 Å². The number of carbonyl (C=O) groups is 1. The molecule has 2 aromatic carbocycles. The van der Waals surface area contributed by atoms with Crippen molar-refractivity contribution in [3.63, 3.8) is 0 Å². The highest BCUT2D eigenvalue weighted by Gasteiger charge is 2.11. The molecule has 0 atom stereocenters. The number of carbonyl (C=O) groups excluding carboxylic acids is 1. The average Bonchev–Trinajstić information content (AvgIpc) is 2.70. The van der Waals surface area contributed by atoms with Crippen LogP contribution in [0.15, 0.2) is 34.8 Å². The van der Waals surface area contributed by atoms with E-state index in [4.69, 9.17) is 25.4 Å². The predicted molar refractivity (Wildman–Crippen MR) is 108 cm³/mol. The van der Waals surface area contributed by atoms with Crippen LogP contribution in [0.3, 0.4) is 0 Å². The topological polar surface area (TPSA) is 54.0 Å². The van der Waals surface area contributed by atoms with Crippen molar-refractivity contribution in [3.05, 3.63) is 51.5 Å². The molecular weight excluding hydrogens is 412 g/mol. The van der Waals surface area contributed by atoms with E-state index in [2.05, 4.69) is 21.9 Å². The molecule has 27 heavy (non-hydrogen) atoms. The molecule has 0 heterocycles. The van der Waals surface area contributed by atoms with Crippen LogP contribution in [0.25, 0.3) is 12.2 Å². The molecule has 0 saturated heterocycles. The minimum Gasteiger partial charge on any atom is -0.495 e. The van der Waals surface area contributed by atoms with Gasteiger partial charge >= 0.3 is 5.97 Å². The summed E-state index contributed by atoms with van der Waals surface area (Å²) in [4.78, 5) is 11.7. The van der Waals surface area contributed by atoms with E-state index in [9.17, 15) is 4.79 Å². The quantitative estimate of drug-likeness (QED) is 0.369. The number of hydrogen-bond acceptors (Lipinski definition) is 5. The number of ether oxygens (including phenoxy) is 4. The first-order chi connectivity index (χ1) is 13.0. The van der Waals surface area contributed by atoms with Gasteiger partial charge in [0, 0.05) is 5.56 Å². The Morgan fingerprint density at radius 2 is 1.74 bits per heavy atom. The number of methoxy groups -OCH3 is 3. The summed E-state index contributed by atoms with van der Waals surface area (Å²) in [7, 11) is 4.50. The van der Waals surface area contributed by atoms with Gasteiger partial charge in [-0.1, -0.05) is 24.1 Å². The van der Waals surface area contributed by atoms with Crippen LogP contribution in [-0.4, -0.2) is 33.9 Å². The SMILES string of the molecule is C#CCOc1cc(C(=O)OC)ccc1/C=C/c1cc(OC)c(Br)c(OC)c1. The van der Waals surface area contributed by atoms with Crippen LogP contribution >= 0.6 is 15.9 Å². The maximum atomic E-state index is 11.7. The molecule has 0 aliphatic carbocycles. The third-order valence-corrected chi connectivity index (χ3v) is 4.45. The fraction of sp³-hybridized carbons (Fsp3) is 0.190. The Morgan fingerprint density at radius 1 is 1.07 bits per heavy atom. The summed E-state index contributed by atoms with van der Waals surface area (Å²) >= 11 is 3.44. The molecule has 0 N–H and O–H groups in total. The van der Waals surface area contributed by atoms with Crippen LogP contribution < -0.4 is 14.2 Å². The van der Waals surface area contributed by atoms with E-state index in [0.29, 0.717) is 22.8 Å². The molecule has 140 valence electrons. The lowest BCUT2D eigenvalue weighted by molar-refractivity contribution is 0.0600. The first kappa shape index (κ1) is 20.4. The Labute approximate surface area is 167 Å². The van der Waals surface area contributed by atoms with Crippen molar-refractivity contribution in [2.24, 2.45) is 0 Å². The van der Waals surface area contributed by atoms with Crippen LogP contribution in [0.2, 0.25) is 0 Å². The summed E-state index contributed by atoms with van der Waals surface area (Å²) in [5.74, 6) is 3.76. The smallest absolute Gasteiger partial charge is 0.337 e. The zero-order valence-corrected chi connectivity index (χ0v) is 16.8. The van der Waals surface area contributed by atoms with Crippen molar-refractivity contribution >= 4 is 34.1 Å². The Hall–Kier alpha value is -2.91. The summed E-state index contributed by atoms with van der Waals surface area (Å²) in [5.41, 5.74) is 2.01. The third kappa shape index (κ3) is 5.05. The Kier molecular flexibility index (Phi) is 7.33. The van der Waals surface area contributed by atoms with Crippen molar-refractivity contribution in [2.45, 2.75) is 0 Å². The maximum Gasteiger partial charge on any atom is 0.337 e. The van der Waals surface area contributed by atoms with Gasteiger partial charge in [0.05, 0.1) is 26.9 Å². The molecule has 0 unspecified atom stereocenters. The van der Waals surface area contributed by atoms with E-state index in [1.165, 1.54) is 7.11 Å². The molecule has 0 aliphatic rings. The molecule has 0 radical (unpaired) electrons. The molecule has 0 aliphatic heterocycles. The van der Waals surface area contributed by atoms with Gasteiger partial charge in [-0.25, -0.2) is 4.79 Å². The second-order valence-electron chi connectivity index (χ2n) is 5.31. The Balaban J connectivity index is 2.40. The lowest BCUT2D eigenvalue weighted by Gasteiger charge is -2.10. The Morgan fingerprint density at radius 3 is 2.30 bits per heavy atom. The van der Waals surface area contributed by atoms with Crippen LogP contribution in [-0.2, 0) is 4.74 Å². The first-order valence-corrected chi connectivity index (χ1v) is 8.71. The minimum atomic E-state index is -0.446. The zero-order valence-electron chi connectivity index (χ0n) is 15.2. The summed E-state index contributed by atoms with van der Waals surface area (Å²) in [6, 6.07) is 8.77. The molecule has 2 aromatic rings. The number of terminal acetylenes is 1. The van der Waals surface area contributed by atoms with Crippen LogP contribution in [0, 0.1) is 12.3 Å². The molecule has 0 fully saturated rings. The molecule has 0 amide bonds. The summed E-state index contributed by atoms with van der Waals surface area (Å²) in [5, 5.41) is 0. The van der Waals surface area contributed by atoms with Gasteiger partial charge in [0.1, 0.15) is 28.3 Å². The highest BCUT2D eigenvalue weighted by Crippen LogP contribution is 2.36. The molecule has 2 rings (SSSR count). The average molecular weight is 431 g/mol. The summed E-state index contributed by atoms with van der Waals surface area (Å²) < 4.78 is 21.8. The molecule has 6 heteroatoms. The number of hydrogen-bond donors (Lipinski definition) is 0. The standard InChI is InChI=1S/C21H19BrO5/c1-5-10-27-17-13-16(21(23)26-4)9-8-15(17)7-6-14-11-18(24-2)20(22)19(12-14)25-3/h1,6-9,11-13H,10H2,2-4H3/b7-6+. The predicted octanol–water partition coefficient (Wildman–Crippen LogP) is 4.44. The summed E-state index contributed by atoms with van der Waals surface area (Å²) in [6.45, 7) is 0.0887. The van der Waals surface area contributed by atoms with Gasteiger partial charge in [0.15, 0.2) is 0 Å². The van der Waals surface area contributed by atoms with E-state index in [1.807, 2.05) is 24.3 Å². The van der Waals surface area contributed by atoms with E-state index in [0.717, 1.165) is 15.6 Å². The molecule has 0 spiro atoms. The number of halogens is 1.